The molecule has 0 aromatic heterocycles. The van der Waals surface area contributed by atoms with E-state index in [1.165, 1.54) is 5.56 Å². The van der Waals surface area contributed by atoms with Crippen LogP contribution < -0.4 is 0 Å². The zero-order valence-electron chi connectivity index (χ0n) is 13.5. The highest BCUT2D eigenvalue weighted by Crippen LogP contribution is 2.33. The number of benzene rings is 1. The highest BCUT2D eigenvalue weighted by molar-refractivity contribution is 6.05. The molecule has 0 aliphatic carbocycles. The first-order chi connectivity index (χ1) is 11.1. The molecule has 3 fully saturated rings. The third-order valence-electron chi connectivity index (χ3n) is 5.50. The number of likely N-dealkylation sites (tertiary alicyclic amines) is 1. The van der Waals surface area contributed by atoms with Gasteiger partial charge in [-0.05, 0) is 31.7 Å². The van der Waals surface area contributed by atoms with Crippen molar-refractivity contribution in [1.82, 2.24) is 14.7 Å². The highest BCUT2D eigenvalue weighted by atomic mass is 16.2. The van der Waals surface area contributed by atoms with E-state index in [9.17, 15) is 9.59 Å². The molecule has 3 amide bonds. The lowest BCUT2D eigenvalue weighted by atomic mass is 10.1. The minimum atomic E-state index is -0.180. The van der Waals surface area contributed by atoms with E-state index in [0.29, 0.717) is 6.04 Å². The predicted octanol–water partition coefficient (Wildman–Crippen LogP) is 2.08. The first-order valence-corrected chi connectivity index (χ1v) is 8.57. The topological polar surface area (TPSA) is 43.9 Å². The van der Waals surface area contributed by atoms with Gasteiger partial charge in [-0.1, -0.05) is 30.3 Å². The Bertz CT molecular complexity index is 596. The fourth-order valence-electron chi connectivity index (χ4n) is 4.28. The molecule has 0 radical (unpaired) electrons. The Morgan fingerprint density at radius 3 is 2.70 bits per heavy atom. The zero-order chi connectivity index (χ0) is 16.0. The summed E-state index contributed by atoms with van der Waals surface area (Å²) in [6, 6.07) is 10.6. The Morgan fingerprint density at radius 2 is 1.96 bits per heavy atom. The lowest BCUT2D eigenvalue weighted by Crippen LogP contribution is -2.43. The molecule has 1 aromatic carbocycles. The molecule has 0 N–H and O–H groups in total. The maximum atomic E-state index is 12.6. The molecule has 3 aliphatic rings. The van der Waals surface area contributed by atoms with Crippen LogP contribution in [0.3, 0.4) is 0 Å². The lowest BCUT2D eigenvalue weighted by molar-refractivity contribution is -0.129. The van der Waals surface area contributed by atoms with Crippen molar-refractivity contribution in [2.75, 3.05) is 13.1 Å². The number of carbonyl (C=O) groups is 2. The molecule has 1 aromatic rings. The highest BCUT2D eigenvalue weighted by Gasteiger charge is 2.51. The van der Waals surface area contributed by atoms with Crippen molar-refractivity contribution < 1.29 is 9.59 Å². The fourth-order valence-corrected chi connectivity index (χ4v) is 4.28. The van der Waals surface area contributed by atoms with Crippen LogP contribution in [-0.4, -0.2) is 57.9 Å². The third-order valence-corrected chi connectivity index (χ3v) is 5.50. The summed E-state index contributed by atoms with van der Waals surface area (Å²) >= 11 is 0. The van der Waals surface area contributed by atoms with Crippen molar-refractivity contribution in [3.05, 3.63) is 35.9 Å². The van der Waals surface area contributed by atoms with Crippen molar-refractivity contribution in [2.45, 2.75) is 50.9 Å². The van der Waals surface area contributed by atoms with Crippen LogP contribution in [0.2, 0.25) is 0 Å². The number of carbonyl (C=O) groups excluding carboxylic acids is 2. The van der Waals surface area contributed by atoms with Crippen molar-refractivity contribution >= 4 is 11.9 Å². The van der Waals surface area contributed by atoms with E-state index in [-0.39, 0.29) is 24.0 Å². The number of hydrogen-bond acceptors (Lipinski definition) is 3. The minimum Gasteiger partial charge on any atom is -0.312 e. The molecule has 3 heterocycles. The second-order valence-corrected chi connectivity index (χ2v) is 7.00. The van der Waals surface area contributed by atoms with Crippen LogP contribution in [0.15, 0.2) is 30.3 Å². The van der Waals surface area contributed by atoms with Crippen LogP contribution in [0.5, 0.6) is 0 Å². The second kappa shape index (κ2) is 5.64. The van der Waals surface area contributed by atoms with Crippen molar-refractivity contribution in [3.8, 4) is 0 Å². The van der Waals surface area contributed by atoms with Crippen LogP contribution in [0.1, 0.15) is 31.7 Å². The first kappa shape index (κ1) is 14.7. The van der Waals surface area contributed by atoms with Gasteiger partial charge in [-0.25, -0.2) is 4.79 Å². The molecule has 0 saturated carbocycles. The van der Waals surface area contributed by atoms with Gasteiger partial charge in [-0.2, -0.15) is 0 Å². The van der Waals surface area contributed by atoms with Gasteiger partial charge in [0.25, 0.3) is 5.91 Å². The average Bonchev–Trinajstić information content (AvgIpc) is 3.21. The molecule has 0 spiro atoms. The maximum Gasteiger partial charge on any atom is 0.327 e. The second-order valence-electron chi connectivity index (χ2n) is 7.00. The molecule has 5 nitrogen and oxygen atoms in total. The van der Waals surface area contributed by atoms with Crippen LogP contribution in [0.25, 0.3) is 0 Å². The van der Waals surface area contributed by atoms with Gasteiger partial charge in [0, 0.05) is 25.7 Å². The molecular weight excluding hydrogens is 290 g/mol. The summed E-state index contributed by atoms with van der Waals surface area (Å²) in [5.74, 6) is 0.0336. The lowest BCUT2D eigenvalue weighted by Gasteiger charge is -2.23. The molecule has 23 heavy (non-hydrogen) atoms. The number of urea groups is 1. The maximum absolute atomic E-state index is 12.6. The van der Waals surface area contributed by atoms with Gasteiger partial charge in [-0.3, -0.25) is 14.6 Å². The van der Waals surface area contributed by atoms with Gasteiger partial charge >= 0.3 is 6.03 Å². The third kappa shape index (κ3) is 2.43. The van der Waals surface area contributed by atoms with Gasteiger partial charge in [0.1, 0.15) is 6.04 Å². The number of nitrogens with zero attached hydrogens (tertiary/aromatic N) is 3. The standard InChI is InChI=1S/C18H23N3O2/c1-13-10-15(12-19(13)11-14-6-3-2-4-7-14)21-17(22)16-8-5-9-20(16)18(21)23/h2-4,6-7,13,15-16H,5,8-12H2,1H3. The van der Waals surface area contributed by atoms with E-state index >= 15 is 0 Å². The molecule has 5 heteroatoms. The summed E-state index contributed by atoms with van der Waals surface area (Å²) in [6.07, 6.45) is 2.67. The van der Waals surface area contributed by atoms with E-state index in [2.05, 4.69) is 36.1 Å². The normalized spacial score (nSPS) is 31.3. The molecule has 3 unspecified atom stereocenters. The summed E-state index contributed by atoms with van der Waals surface area (Å²) in [4.78, 5) is 30.9. The van der Waals surface area contributed by atoms with Gasteiger partial charge in [0.2, 0.25) is 0 Å². The monoisotopic (exact) mass is 313 g/mol. The Kier molecular flexibility index (Phi) is 3.60. The number of imide groups is 1. The molecule has 3 aliphatic heterocycles. The molecule has 4 rings (SSSR count). The number of amides is 3. The van der Waals surface area contributed by atoms with Crippen LogP contribution in [0, 0.1) is 0 Å². The Hall–Kier alpha value is -1.88. The Labute approximate surface area is 136 Å². The van der Waals surface area contributed by atoms with Crippen LogP contribution in [0.4, 0.5) is 4.79 Å². The SMILES string of the molecule is CC1CC(N2C(=O)C3CCCN3C2=O)CN1Cc1ccccc1. The quantitative estimate of drug-likeness (QED) is 0.803. The smallest absolute Gasteiger partial charge is 0.312 e. The number of rotatable bonds is 3. The number of fused-ring (bicyclic) bond motifs is 1. The van der Waals surface area contributed by atoms with Gasteiger partial charge in [-0.15, -0.1) is 0 Å². The largest absolute Gasteiger partial charge is 0.327 e. The van der Waals surface area contributed by atoms with Gasteiger partial charge in [0.15, 0.2) is 0 Å². The average molecular weight is 313 g/mol. The Morgan fingerprint density at radius 1 is 1.17 bits per heavy atom. The predicted molar refractivity (Wildman–Crippen MR) is 86.7 cm³/mol. The minimum absolute atomic E-state index is 0.0271. The summed E-state index contributed by atoms with van der Waals surface area (Å²) < 4.78 is 0. The van der Waals surface area contributed by atoms with E-state index in [1.54, 1.807) is 9.80 Å². The van der Waals surface area contributed by atoms with E-state index in [4.69, 9.17) is 0 Å². The van der Waals surface area contributed by atoms with Gasteiger partial charge in [0.05, 0.1) is 6.04 Å². The summed E-state index contributed by atoms with van der Waals surface area (Å²) in [5.41, 5.74) is 1.28. The van der Waals surface area contributed by atoms with Crippen molar-refractivity contribution in [1.29, 1.82) is 0 Å². The zero-order valence-corrected chi connectivity index (χ0v) is 13.5. The fraction of sp³-hybridized carbons (Fsp3) is 0.556. The molecule has 0 bridgehead atoms. The molecule has 3 saturated heterocycles. The van der Waals surface area contributed by atoms with Crippen LogP contribution in [-0.2, 0) is 11.3 Å². The summed E-state index contributed by atoms with van der Waals surface area (Å²) in [6.45, 7) is 4.59. The van der Waals surface area contributed by atoms with Crippen molar-refractivity contribution in [2.24, 2.45) is 0 Å². The molecule has 122 valence electrons. The van der Waals surface area contributed by atoms with Gasteiger partial charge < -0.3 is 4.90 Å². The first-order valence-electron chi connectivity index (χ1n) is 8.57. The van der Waals surface area contributed by atoms with Crippen molar-refractivity contribution in [3.63, 3.8) is 0 Å². The molecular formula is C18H23N3O2. The summed E-state index contributed by atoms with van der Waals surface area (Å²) in [7, 11) is 0. The van der Waals surface area contributed by atoms with Crippen LogP contribution >= 0.6 is 0 Å². The number of hydrogen-bond donors (Lipinski definition) is 0. The van der Waals surface area contributed by atoms with E-state index in [0.717, 1.165) is 38.9 Å². The van der Waals surface area contributed by atoms with E-state index < -0.39 is 0 Å². The van der Waals surface area contributed by atoms with E-state index in [1.807, 2.05) is 6.07 Å². The molecule has 3 atom stereocenters. The Balaban J connectivity index is 1.47. The summed E-state index contributed by atoms with van der Waals surface area (Å²) in [5, 5.41) is 0.